The number of anilines is 1. The smallest absolute Gasteiger partial charge is 0.411 e. The van der Waals surface area contributed by atoms with Gasteiger partial charge in [-0.25, -0.2) is 9.78 Å². The molecule has 5 nitrogen and oxygen atoms in total. The molecule has 1 aromatic heterocycles. The van der Waals surface area contributed by atoms with Gasteiger partial charge in [-0.3, -0.25) is 5.32 Å². The van der Waals surface area contributed by atoms with E-state index in [1.807, 2.05) is 30.5 Å². The largest absolute Gasteiger partial charge is 0.450 e. The summed E-state index contributed by atoms with van der Waals surface area (Å²) in [6, 6.07) is 12.0. The first-order chi connectivity index (χ1) is 11.2. The molecule has 3 rings (SSSR count). The summed E-state index contributed by atoms with van der Waals surface area (Å²) < 4.78 is 4.93. The summed E-state index contributed by atoms with van der Waals surface area (Å²) in [5.74, 6) is 0.155. The molecule has 2 aromatic carbocycles. The minimum absolute atomic E-state index is 0.155. The summed E-state index contributed by atoms with van der Waals surface area (Å²) in [4.78, 5) is 19.0. The first kappa shape index (κ1) is 15.1. The van der Waals surface area contributed by atoms with Crippen LogP contribution in [0.25, 0.3) is 10.8 Å². The first-order valence-electron chi connectivity index (χ1n) is 7.64. The van der Waals surface area contributed by atoms with Crippen LogP contribution in [0.1, 0.15) is 31.0 Å². The zero-order valence-electron chi connectivity index (χ0n) is 13.2. The third-order valence-corrected chi connectivity index (χ3v) is 3.87. The lowest BCUT2D eigenvalue weighted by atomic mass is 9.92. The molecule has 1 amide bonds. The molecule has 3 aromatic rings. The number of benzene rings is 2. The fourth-order valence-electron chi connectivity index (χ4n) is 2.71. The number of aromatic nitrogens is 2. The summed E-state index contributed by atoms with van der Waals surface area (Å²) >= 11 is 0. The van der Waals surface area contributed by atoms with E-state index in [2.05, 4.69) is 34.3 Å². The molecular formula is C18H19N3O2. The zero-order chi connectivity index (χ0) is 16.2. The van der Waals surface area contributed by atoms with Crippen molar-refractivity contribution in [1.29, 1.82) is 0 Å². The summed E-state index contributed by atoms with van der Waals surface area (Å²) in [6.45, 7) is 4.25. The number of rotatable bonds is 4. The molecule has 0 aliphatic heterocycles. The van der Waals surface area contributed by atoms with Crippen LogP contribution < -0.4 is 5.32 Å². The van der Waals surface area contributed by atoms with Gasteiger partial charge in [-0.1, -0.05) is 31.2 Å². The molecular weight excluding hydrogens is 290 g/mol. The summed E-state index contributed by atoms with van der Waals surface area (Å²) in [6.07, 6.45) is 3.15. The van der Waals surface area contributed by atoms with E-state index in [-0.39, 0.29) is 5.92 Å². The van der Waals surface area contributed by atoms with Crippen LogP contribution >= 0.6 is 0 Å². The predicted molar refractivity (Wildman–Crippen MR) is 90.7 cm³/mol. The number of hydrogen-bond donors (Lipinski definition) is 2. The van der Waals surface area contributed by atoms with Crippen molar-refractivity contribution in [1.82, 2.24) is 9.97 Å². The first-order valence-corrected chi connectivity index (χ1v) is 7.64. The van der Waals surface area contributed by atoms with Crippen LogP contribution in [0.2, 0.25) is 0 Å². The molecule has 0 fully saturated rings. The Morgan fingerprint density at radius 2 is 2.22 bits per heavy atom. The quantitative estimate of drug-likeness (QED) is 0.755. The number of imidazole rings is 1. The van der Waals surface area contributed by atoms with Crippen LogP contribution in [0.5, 0.6) is 0 Å². The van der Waals surface area contributed by atoms with Crippen molar-refractivity contribution >= 4 is 22.6 Å². The number of H-pyrrole nitrogens is 1. The molecule has 0 bridgehead atoms. The van der Waals surface area contributed by atoms with Crippen molar-refractivity contribution in [3.63, 3.8) is 0 Å². The maximum absolute atomic E-state index is 11.6. The molecule has 118 valence electrons. The van der Waals surface area contributed by atoms with Crippen molar-refractivity contribution in [3.05, 3.63) is 60.2 Å². The molecule has 1 atom stereocenters. The second kappa shape index (κ2) is 6.52. The van der Waals surface area contributed by atoms with Crippen LogP contribution in [-0.2, 0) is 4.74 Å². The molecule has 0 aliphatic rings. The molecule has 1 heterocycles. The van der Waals surface area contributed by atoms with Gasteiger partial charge in [-0.15, -0.1) is 0 Å². The normalized spacial score (nSPS) is 12.1. The van der Waals surface area contributed by atoms with E-state index in [0.29, 0.717) is 6.61 Å². The molecule has 23 heavy (non-hydrogen) atoms. The number of carbonyl (C=O) groups is 1. The van der Waals surface area contributed by atoms with Gasteiger partial charge in [-0.2, -0.15) is 0 Å². The number of nitrogens with zero attached hydrogens (tertiary/aromatic N) is 1. The van der Waals surface area contributed by atoms with Crippen molar-refractivity contribution in [3.8, 4) is 0 Å². The Balaban J connectivity index is 1.99. The number of hydrogen-bond acceptors (Lipinski definition) is 3. The van der Waals surface area contributed by atoms with Gasteiger partial charge < -0.3 is 9.72 Å². The third kappa shape index (κ3) is 3.18. The number of carbonyl (C=O) groups excluding carboxylic acids is 1. The van der Waals surface area contributed by atoms with Crippen LogP contribution in [0.4, 0.5) is 10.5 Å². The summed E-state index contributed by atoms with van der Waals surface area (Å²) in [5.41, 5.74) is 2.88. The lowest BCUT2D eigenvalue weighted by molar-refractivity contribution is 0.168. The molecule has 5 heteroatoms. The summed E-state index contributed by atoms with van der Waals surface area (Å²) in [5, 5.41) is 4.97. The van der Waals surface area contributed by atoms with Crippen LogP contribution in [-0.4, -0.2) is 22.7 Å². The highest BCUT2D eigenvalue weighted by Crippen LogP contribution is 2.31. The summed E-state index contributed by atoms with van der Waals surface area (Å²) in [7, 11) is 0. The Bertz CT molecular complexity index is 812. The van der Waals surface area contributed by atoms with Gasteiger partial charge >= 0.3 is 6.09 Å². The van der Waals surface area contributed by atoms with Gasteiger partial charge in [0.25, 0.3) is 0 Å². The Hall–Kier alpha value is -2.82. The molecule has 0 radical (unpaired) electrons. The highest BCUT2D eigenvalue weighted by molar-refractivity contribution is 5.93. The minimum Gasteiger partial charge on any atom is -0.450 e. The standard InChI is InChI=1S/C18H19N3O2/c1-3-23-18(22)21-14-8-7-13-5-4-6-15(16(13)9-14)12(2)17-10-19-11-20-17/h4-12H,3H2,1-2H3,(H,19,20)(H,21,22). The highest BCUT2D eigenvalue weighted by atomic mass is 16.5. The minimum atomic E-state index is -0.440. The van der Waals surface area contributed by atoms with Crippen molar-refractivity contribution < 1.29 is 9.53 Å². The van der Waals surface area contributed by atoms with E-state index in [9.17, 15) is 4.79 Å². The average molecular weight is 309 g/mol. The lowest BCUT2D eigenvalue weighted by Crippen LogP contribution is -2.13. The van der Waals surface area contributed by atoms with Crippen molar-refractivity contribution in [2.45, 2.75) is 19.8 Å². The average Bonchev–Trinajstić information content (AvgIpc) is 3.08. The van der Waals surface area contributed by atoms with Crippen LogP contribution in [0.15, 0.2) is 48.9 Å². The SMILES string of the molecule is CCOC(=O)Nc1ccc2cccc(C(C)c3c[nH]cn3)c2c1. The topological polar surface area (TPSA) is 67.0 Å². The van der Waals surface area contributed by atoms with Gasteiger partial charge in [0.2, 0.25) is 0 Å². The van der Waals surface area contributed by atoms with E-state index >= 15 is 0 Å². The second-order valence-corrected chi connectivity index (χ2v) is 5.34. The number of ether oxygens (including phenoxy) is 1. The Labute approximate surface area is 134 Å². The van der Waals surface area contributed by atoms with Crippen LogP contribution in [0, 0.1) is 0 Å². The van der Waals surface area contributed by atoms with E-state index in [1.165, 1.54) is 5.56 Å². The number of nitrogens with one attached hydrogen (secondary N) is 2. The van der Waals surface area contributed by atoms with Gasteiger partial charge in [0.15, 0.2) is 0 Å². The van der Waals surface area contributed by atoms with Crippen molar-refractivity contribution in [2.24, 2.45) is 0 Å². The van der Waals surface area contributed by atoms with Crippen LogP contribution in [0.3, 0.4) is 0 Å². The maximum atomic E-state index is 11.6. The maximum Gasteiger partial charge on any atom is 0.411 e. The number of aromatic amines is 1. The Kier molecular flexibility index (Phi) is 4.28. The third-order valence-electron chi connectivity index (χ3n) is 3.87. The zero-order valence-corrected chi connectivity index (χ0v) is 13.2. The fourth-order valence-corrected chi connectivity index (χ4v) is 2.71. The molecule has 1 unspecified atom stereocenters. The fraction of sp³-hybridized carbons (Fsp3) is 0.222. The molecule has 2 N–H and O–H groups in total. The van der Waals surface area contributed by atoms with Gasteiger partial charge in [0.05, 0.1) is 18.6 Å². The lowest BCUT2D eigenvalue weighted by Gasteiger charge is -2.14. The van der Waals surface area contributed by atoms with E-state index in [4.69, 9.17) is 4.74 Å². The predicted octanol–water partition coefficient (Wildman–Crippen LogP) is 4.28. The monoisotopic (exact) mass is 309 g/mol. The van der Waals surface area contributed by atoms with Gasteiger partial charge in [-0.05, 0) is 35.4 Å². The Morgan fingerprint density at radius 3 is 2.96 bits per heavy atom. The van der Waals surface area contributed by atoms with E-state index in [0.717, 1.165) is 22.2 Å². The molecule has 0 saturated carbocycles. The Morgan fingerprint density at radius 1 is 1.35 bits per heavy atom. The van der Waals surface area contributed by atoms with Gasteiger partial charge in [0.1, 0.15) is 0 Å². The van der Waals surface area contributed by atoms with Crippen molar-refractivity contribution in [2.75, 3.05) is 11.9 Å². The molecule has 0 saturated heterocycles. The molecule has 0 spiro atoms. The number of amides is 1. The highest BCUT2D eigenvalue weighted by Gasteiger charge is 2.14. The number of fused-ring (bicyclic) bond motifs is 1. The second-order valence-electron chi connectivity index (χ2n) is 5.34. The van der Waals surface area contributed by atoms with E-state index in [1.54, 1.807) is 13.3 Å². The molecule has 0 aliphatic carbocycles. The van der Waals surface area contributed by atoms with Gasteiger partial charge in [0, 0.05) is 17.8 Å². The van der Waals surface area contributed by atoms with E-state index < -0.39 is 6.09 Å².